The molecule has 1 aromatic carbocycles. The van der Waals surface area contributed by atoms with Crippen LogP contribution in [0.1, 0.15) is 18.9 Å². The molecule has 0 saturated heterocycles. The van der Waals surface area contributed by atoms with Crippen molar-refractivity contribution >= 4 is 15.5 Å². The Morgan fingerprint density at radius 2 is 1.83 bits per heavy atom. The zero-order valence-electron chi connectivity index (χ0n) is 11.1. The lowest BCUT2D eigenvalue weighted by Gasteiger charge is -2.23. The second kappa shape index (κ2) is 6.75. The molecule has 1 aromatic rings. The zero-order chi connectivity index (χ0) is 13.6. The summed E-state index contributed by atoms with van der Waals surface area (Å²) in [6, 6.07) is 8.08. The fourth-order valence-electron chi connectivity index (χ4n) is 1.83. The maximum absolute atomic E-state index is 11.1. The molecule has 0 aliphatic rings. The van der Waals surface area contributed by atoms with E-state index in [9.17, 15) is 8.42 Å². The Labute approximate surface area is 110 Å². The number of rotatable bonds is 7. The van der Waals surface area contributed by atoms with Crippen molar-refractivity contribution in [3.8, 4) is 0 Å². The van der Waals surface area contributed by atoms with Gasteiger partial charge in [-0.3, -0.25) is 0 Å². The Morgan fingerprint density at radius 3 is 2.28 bits per heavy atom. The van der Waals surface area contributed by atoms with E-state index in [1.54, 1.807) is 0 Å². The fourth-order valence-corrected chi connectivity index (χ4v) is 2.48. The maximum Gasteiger partial charge on any atom is 0.147 e. The predicted molar refractivity (Wildman–Crippen MR) is 76.5 cm³/mol. The number of benzene rings is 1. The lowest BCUT2D eigenvalue weighted by Crippen LogP contribution is -2.25. The topological polar surface area (TPSA) is 63.4 Å². The van der Waals surface area contributed by atoms with Crippen molar-refractivity contribution in [3.05, 3.63) is 29.8 Å². The van der Waals surface area contributed by atoms with E-state index in [0.29, 0.717) is 13.0 Å². The van der Waals surface area contributed by atoms with Crippen LogP contribution in [-0.2, 0) is 16.4 Å². The monoisotopic (exact) mass is 270 g/mol. The molecular formula is C13H22N2O2S. The largest absolute Gasteiger partial charge is 0.372 e. The average molecular weight is 270 g/mol. The van der Waals surface area contributed by atoms with Gasteiger partial charge < -0.3 is 10.6 Å². The molecule has 0 heterocycles. The van der Waals surface area contributed by atoms with Crippen LogP contribution in [0.3, 0.4) is 0 Å². The van der Waals surface area contributed by atoms with E-state index >= 15 is 0 Å². The van der Waals surface area contributed by atoms with Gasteiger partial charge in [0.05, 0.1) is 5.75 Å². The number of nitrogens with two attached hydrogens (primary N) is 1. The van der Waals surface area contributed by atoms with Gasteiger partial charge in [0, 0.05) is 31.6 Å². The van der Waals surface area contributed by atoms with Crippen LogP contribution in [0.5, 0.6) is 0 Å². The summed E-state index contributed by atoms with van der Waals surface area (Å²) >= 11 is 0. The first kappa shape index (κ1) is 15.0. The van der Waals surface area contributed by atoms with Crippen LogP contribution in [0.25, 0.3) is 0 Å². The number of anilines is 1. The number of nitrogens with zero attached hydrogens (tertiary/aromatic N) is 1. The van der Waals surface area contributed by atoms with Crippen molar-refractivity contribution in [1.82, 2.24) is 0 Å². The van der Waals surface area contributed by atoms with Gasteiger partial charge in [0.1, 0.15) is 9.84 Å². The van der Waals surface area contributed by atoms with Crippen LogP contribution in [-0.4, -0.2) is 33.5 Å². The first-order valence-electron chi connectivity index (χ1n) is 6.18. The van der Waals surface area contributed by atoms with Crippen LogP contribution < -0.4 is 10.6 Å². The molecule has 0 saturated carbocycles. The highest BCUT2D eigenvalue weighted by Gasteiger charge is 2.07. The van der Waals surface area contributed by atoms with Gasteiger partial charge >= 0.3 is 0 Å². The van der Waals surface area contributed by atoms with E-state index < -0.39 is 9.84 Å². The van der Waals surface area contributed by atoms with Gasteiger partial charge in [0.15, 0.2) is 0 Å². The van der Waals surface area contributed by atoms with E-state index in [1.807, 2.05) is 24.3 Å². The van der Waals surface area contributed by atoms with Gasteiger partial charge in [-0.1, -0.05) is 12.1 Å². The Balaban J connectivity index is 2.59. The number of sulfone groups is 1. The normalized spacial score (nSPS) is 11.5. The Bertz CT molecular complexity index is 454. The molecule has 0 spiro atoms. The molecule has 4 nitrogen and oxygen atoms in total. The Kier molecular flexibility index (Phi) is 5.62. The van der Waals surface area contributed by atoms with E-state index in [1.165, 1.54) is 6.26 Å². The van der Waals surface area contributed by atoms with E-state index in [4.69, 9.17) is 5.73 Å². The predicted octanol–water partition coefficient (Wildman–Crippen LogP) is 1.41. The third-order valence-corrected chi connectivity index (χ3v) is 3.89. The molecule has 0 fully saturated rings. The molecule has 18 heavy (non-hydrogen) atoms. The van der Waals surface area contributed by atoms with Crippen LogP contribution in [0.4, 0.5) is 5.69 Å². The lowest BCUT2D eigenvalue weighted by atomic mass is 10.2. The summed E-state index contributed by atoms with van der Waals surface area (Å²) in [5.41, 5.74) is 7.77. The second-order valence-corrected chi connectivity index (χ2v) is 6.69. The Hall–Kier alpha value is -1.07. The highest BCUT2D eigenvalue weighted by Crippen LogP contribution is 2.15. The van der Waals surface area contributed by atoms with Crippen molar-refractivity contribution in [2.24, 2.45) is 5.73 Å². The van der Waals surface area contributed by atoms with Gasteiger partial charge in [-0.25, -0.2) is 8.42 Å². The summed E-state index contributed by atoms with van der Waals surface area (Å²) in [6.45, 7) is 4.23. The summed E-state index contributed by atoms with van der Waals surface area (Å²) in [6.07, 6.45) is 1.94. The first-order chi connectivity index (χ1) is 8.46. The van der Waals surface area contributed by atoms with Crippen LogP contribution in [0, 0.1) is 0 Å². The highest BCUT2D eigenvalue weighted by atomic mass is 32.2. The molecule has 0 atom stereocenters. The summed E-state index contributed by atoms with van der Waals surface area (Å²) in [7, 11) is -2.86. The van der Waals surface area contributed by atoms with Crippen molar-refractivity contribution in [2.45, 2.75) is 19.9 Å². The molecule has 0 bridgehead atoms. The standard InChI is InChI=1S/C13H22N2O2S/c1-3-15(9-4-10-18(2,16)17)13-7-5-12(11-14)6-8-13/h5-8H,3-4,9-11,14H2,1-2H3. The van der Waals surface area contributed by atoms with Gasteiger partial charge in [0.2, 0.25) is 0 Å². The minimum absolute atomic E-state index is 0.240. The molecule has 2 N–H and O–H groups in total. The SMILES string of the molecule is CCN(CCCS(C)(=O)=O)c1ccc(CN)cc1. The maximum atomic E-state index is 11.1. The summed E-state index contributed by atoms with van der Waals surface area (Å²) < 4.78 is 22.2. The first-order valence-corrected chi connectivity index (χ1v) is 8.24. The molecule has 0 aromatic heterocycles. The molecule has 0 unspecified atom stereocenters. The molecule has 1 rings (SSSR count). The van der Waals surface area contributed by atoms with Gasteiger partial charge in [-0.15, -0.1) is 0 Å². The smallest absolute Gasteiger partial charge is 0.147 e. The number of hydrogen-bond acceptors (Lipinski definition) is 4. The Morgan fingerprint density at radius 1 is 1.22 bits per heavy atom. The molecule has 0 radical (unpaired) electrons. The van der Waals surface area contributed by atoms with Crippen molar-refractivity contribution < 1.29 is 8.42 Å². The fraction of sp³-hybridized carbons (Fsp3) is 0.538. The van der Waals surface area contributed by atoms with Crippen LogP contribution >= 0.6 is 0 Å². The van der Waals surface area contributed by atoms with Crippen molar-refractivity contribution in [3.63, 3.8) is 0 Å². The molecule has 102 valence electrons. The third-order valence-electron chi connectivity index (χ3n) is 2.86. The van der Waals surface area contributed by atoms with Gasteiger partial charge in [-0.05, 0) is 31.0 Å². The van der Waals surface area contributed by atoms with E-state index in [0.717, 1.165) is 24.3 Å². The van der Waals surface area contributed by atoms with E-state index in [-0.39, 0.29) is 5.75 Å². The minimum atomic E-state index is -2.86. The van der Waals surface area contributed by atoms with Crippen LogP contribution in [0.15, 0.2) is 24.3 Å². The quantitative estimate of drug-likeness (QED) is 0.813. The lowest BCUT2D eigenvalue weighted by molar-refractivity contribution is 0.598. The zero-order valence-corrected chi connectivity index (χ0v) is 11.9. The minimum Gasteiger partial charge on any atom is -0.372 e. The second-order valence-electron chi connectivity index (χ2n) is 4.43. The molecular weight excluding hydrogens is 248 g/mol. The van der Waals surface area contributed by atoms with Crippen molar-refractivity contribution in [1.29, 1.82) is 0 Å². The average Bonchev–Trinajstić information content (AvgIpc) is 2.34. The molecule has 0 aliphatic carbocycles. The number of hydrogen-bond donors (Lipinski definition) is 1. The summed E-state index contributed by atoms with van der Waals surface area (Å²) in [4.78, 5) is 2.17. The van der Waals surface area contributed by atoms with Crippen molar-refractivity contribution in [2.75, 3.05) is 30.0 Å². The summed E-state index contributed by atoms with van der Waals surface area (Å²) in [5.74, 6) is 0.240. The van der Waals surface area contributed by atoms with Gasteiger partial charge in [0.25, 0.3) is 0 Å². The molecule has 0 aliphatic heterocycles. The highest BCUT2D eigenvalue weighted by molar-refractivity contribution is 7.90. The summed E-state index contributed by atoms with van der Waals surface area (Å²) in [5, 5.41) is 0. The van der Waals surface area contributed by atoms with E-state index in [2.05, 4.69) is 11.8 Å². The molecule has 0 amide bonds. The van der Waals surface area contributed by atoms with Crippen LogP contribution in [0.2, 0.25) is 0 Å². The third kappa shape index (κ3) is 5.06. The van der Waals surface area contributed by atoms with Gasteiger partial charge in [-0.2, -0.15) is 0 Å². The molecule has 5 heteroatoms.